The average molecular weight is 194 g/mol. The van der Waals surface area contributed by atoms with Crippen LogP contribution >= 0.6 is 0 Å². The Bertz CT molecular complexity index is 309. The zero-order valence-corrected chi connectivity index (χ0v) is 8.29. The highest BCUT2D eigenvalue weighted by atomic mass is 16.7. The van der Waals surface area contributed by atoms with Gasteiger partial charge in [-0.05, 0) is 24.1 Å². The molecule has 0 aliphatic carbocycles. The molecule has 3 nitrogen and oxygen atoms in total. The molecule has 0 bridgehead atoms. The molecule has 0 aromatic heterocycles. The van der Waals surface area contributed by atoms with E-state index in [-0.39, 0.29) is 0 Å². The van der Waals surface area contributed by atoms with Crippen LogP contribution in [0.25, 0.3) is 0 Å². The first-order chi connectivity index (χ1) is 6.90. The van der Waals surface area contributed by atoms with E-state index in [4.69, 9.17) is 14.2 Å². The lowest BCUT2D eigenvalue weighted by atomic mass is 10.2. The Hall–Kier alpha value is -1.22. The van der Waals surface area contributed by atoms with Crippen molar-refractivity contribution in [2.75, 3.05) is 13.4 Å². The Morgan fingerprint density at radius 1 is 1.29 bits per heavy atom. The lowest BCUT2D eigenvalue weighted by Gasteiger charge is -2.03. The lowest BCUT2D eigenvalue weighted by Crippen LogP contribution is -1.94. The topological polar surface area (TPSA) is 27.7 Å². The van der Waals surface area contributed by atoms with E-state index in [9.17, 15) is 0 Å². The molecule has 0 N–H and O–H groups in total. The van der Waals surface area contributed by atoms with Crippen LogP contribution in [0.1, 0.15) is 18.9 Å². The van der Waals surface area contributed by atoms with E-state index in [0.29, 0.717) is 13.4 Å². The molecule has 1 aliphatic rings. The van der Waals surface area contributed by atoms with Crippen LogP contribution in [0.3, 0.4) is 0 Å². The van der Waals surface area contributed by atoms with E-state index in [2.05, 4.69) is 6.92 Å². The molecule has 3 heteroatoms. The van der Waals surface area contributed by atoms with Crippen LogP contribution in [-0.4, -0.2) is 13.4 Å². The minimum Gasteiger partial charge on any atom is -0.454 e. The van der Waals surface area contributed by atoms with Crippen LogP contribution in [0.2, 0.25) is 0 Å². The highest BCUT2D eigenvalue weighted by Gasteiger charge is 2.12. The summed E-state index contributed by atoms with van der Waals surface area (Å²) in [6, 6.07) is 5.90. The summed E-state index contributed by atoms with van der Waals surface area (Å²) in [6.45, 7) is 3.87. The molecule has 0 saturated heterocycles. The normalized spacial score (nSPS) is 13.2. The maximum Gasteiger partial charge on any atom is 0.231 e. The fraction of sp³-hybridized carbons (Fsp3) is 0.455. The fourth-order valence-corrected chi connectivity index (χ4v) is 1.37. The molecule has 0 atom stereocenters. The first-order valence-electron chi connectivity index (χ1n) is 4.86. The van der Waals surface area contributed by atoms with Gasteiger partial charge in [0.25, 0.3) is 0 Å². The van der Waals surface area contributed by atoms with Crippen molar-refractivity contribution in [3.63, 3.8) is 0 Å². The van der Waals surface area contributed by atoms with E-state index in [1.54, 1.807) is 0 Å². The van der Waals surface area contributed by atoms with Gasteiger partial charge in [-0.15, -0.1) is 0 Å². The fourth-order valence-electron chi connectivity index (χ4n) is 1.37. The minimum absolute atomic E-state index is 0.328. The molecule has 0 spiro atoms. The van der Waals surface area contributed by atoms with Crippen LogP contribution < -0.4 is 9.47 Å². The summed E-state index contributed by atoms with van der Waals surface area (Å²) in [6.07, 6.45) is 1.05. The van der Waals surface area contributed by atoms with Gasteiger partial charge in [-0.1, -0.05) is 13.0 Å². The van der Waals surface area contributed by atoms with Crippen molar-refractivity contribution in [1.29, 1.82) is 0 Å². The number of ether oxygens (including phenoxy) is 3. The molecular formula is C11H14O3. The van der Waals surface area contributed by atoms with Crippen LogP contribution in [-0.2, 0) is 11.3 Å². The Balaban J connectivity index is 1.98. The molecule has 0 amide bonds. The van der Waals surface area contributed by atoms with E-state index in [0.717, 1.165) is 30.1 Å². The van der Waals surface area contributed by atoms with Crippen LogP contribution in [0.5, 0.6) is 11.5 Å². The van der Waals surface area contributed by atoms with Crippen LogP contribution in [0, 0.1) is 0 Å². The van der Waals surface area contributed by atoms with Crippen molar-refractivity contribution < 1.29 is 14.2 Å². The van der Waals surface area contributed by atoms with Gasteiger partial charge in [0.05, 0.1) is 6.61 Å². The van der Waals surface area contributed by atoms with Gasteiger partial charge >= 0.3 is 0 Å². The highest BCUT2D eigenvalue weighted by Crippen LogP contribution is 2.32. The Labute approximate surface area is 83.6 Å². The molecule has 0 unspecified atom stereocenters. The van der Waals surface area contributed by atoms with E-state index < -0.39 is 0 Å². The van der Waals surface area contributed by atoms with E-state index >= 15 is 0 Å². The molecule has 1 heterocycles. The second-order valence-corrected chi connectivity index (χ2v) is 3.24. The second-order valence-electron chi connectivity index (χ2n) is 3.24. The van der Waals surface area contributed by atoms with E-state index in [1.807, 2.05) is 18.2 Å². The number of rotatable bonds is 4. The summed E-state index contributed by atoms with van der Waals surface area (Å²) >= 11 is 0. The monoisotopic (exact) mass is 194 g/mol. The lowest BCUT2D eigenvalue weighted by molar-refractivity contribution is 0.121. The molecule has 0 radical (unpaired) electrons. The summed E-state index contributed by atoms with van der Waals surface area (Å²) in [4.78, 5) is 0. The third-order valence-corrected chi connectivity index (χ3v) is 2.05. The smallest absolute Gasteiger partial charge is 0.231 e. The predicted octanol–water partition coefficient (Wildman–Crippen LogP) is 2.34. The standard InChI is InChI=1S/C11H14O3/c1-2-5-12-7-9-3-4-10-11(6-9)14-8-13-10/h3-4,6H,2,5,7-8H2,1H3. The number of fused-ring (bicyclic) bond motifs is 1. The summed E-state index contributed by atoms with van der Waals surface area (Å²) in [7, 11) is 0. The van der Waals surface area contributed by atoms with Crippen molar-refractivity contribution in [2.24, 2.45) is 0 Å². The van der Waals surface area contributed by atoms with Gasteiger partial charge in [0.2, 0.25) is 6.79 Å². The van der Waals surface area contributed by atoms with Crippen molar-refractivity contribution in [3.8, 4) is 11.5 Å². The van der Waals surface area contributed by atoms with Gasteiger partial charge in [0.1, 0.15) is 0 Å². The largest absolute Gasteiger partial charge is 0.454 e. The quantitative estimate of drug-likeness (QED) is 0.688. The molecule has 0 fully saturated rings. The van der Waals surface area contributed by atoms with Crippen molar-refractivity contribution >= 4 is 0 Å². The zero-order valence-electron chi connectivity index (χ0n) is 8.29. The molecule has 1 aromatic rings. The number of hydrogen-bond acceptors (Lipinski definition) is 3. The molecular weight excluding hydrogens is 180 g/mol. The van der Waals surface area contributed by atoms with Gasteiger partial charge in [-0.25, -0.2) is 0 Å². The van der Waals surface area contributed by atoms with Crippen molar-refractivity contribution in [1.82, 2.24) is 0 Å². The first-order valence-corrected chi connectivity index (χ1v) is 4.86. The Kier molecular flexibility index (Phi) is 2.89. The molecule has 2 rings (SSSR count). The van der Waals surface area contributed by atoms with Crippen molar-refractivity contribution in [3.05, 3.63) is 23.8 Å². The molecule has 14 heavy (non-hydrogen) atoms. The minimum atomic E-state index is 0.328. The maximum atomic E-state index is 5.43. The molecule has 76 valence electrons. The van der Waals surface area contributed by atoms with E-state index in [1.165, 1.54) is 0 Å². The van der Waals surface area contributed by atoms with Gasteiger partial charge < -0.3 is 14.2 Å². The second kappa shape index (κ2) is 4.33. The highest BCUT2D eigenvalue weighted by molar-refractivity contribution is 5.44. The van der Waals surface area contributed by atoms with Gasteiger partial charge in [0.15, 0.2) is 11.5 Å². The third-order valence-electron chi connectivity index (χ3n) is 2.05. The summed E-state index contributed by atoms with van der Waals surface area (Å²) in [5.41, 5.74) is 1.13. The van der Waals surface area contributed by atoms with Crippen LogP contribution in [0.15, 0.2) is 18.2 Å². The maximum absolute atomic E-state index is 5.43. The van der Waals surface area contributed by atoms with Gasteiger partial charge in [-0.2, -0.15) is 0 Å². The van der Waals surface area contributed by atoms with Gasteiger partial charge in [-0.3, -0.25) is 0 Å². The number of hydrogen-bond donors (Lipinski definition) is 0. The Morgan fingerprint density at radius 3 is 3.00 bits per heavy atom. The zero-order chi connectivity index (χ0) is 9.80. The average Bonchev–Trinajstić information content (AvgIpc) is 2.65. The number of benzene rings is 1. The summed E-state index contributed by atoms with van der Waals surface area (Å²) < 4.78 is 15.9. The molecule has 0 saturated carbocycles. The summed E-state index contributed by atoms with van der Waals surface area (Å²) in [5, 5.41) is 0. The molecule has 1 aliphatic heterocycles. The molecule has 1 aromatic carbocycles. The Morgan fingerprint density at radius 2 is 2.14 bits per heavy atom. The summed E-state index contributed by atoms with van der Waals surface area (Å²) in [5.74, 6) is 1.65. The predicted molar refractivity (Wildman–Crippen MR) is 52.5 cm³/mol. The van der Waals surface area contributed by atoms with Crippen LogP contribution in [0.4, 0.5) is 0 Å². The third kappa shape index (κ3) is 1.99. The first kappa shape index (κ1) is 9.34. The van der Waals surface area contributed by atoms with Gasteiger partial charge in [0, 0.05) is 6.61 Å². The van der Waals surface area contributed by atoms with Crippen molar-refractivity contribution in [2.45, 2.75) is 20.0 Å². The SMILES string of the molecule is CCCOCc1ccc2c(c1)OCO2.